The zero-order chi connectivity index (χ0) is 14.8. The van der Waals surface area contributed by atoms with Crippen LogP contribution in [0.2, 0.25) is 0 Å². The summed E-state index contributed by atoms with van der Waals surface area (Å²) in [7, 11) is 0. The van der Waals surface area contributed by atoms with E-state index < -0.39 is 5.97 Å². The highest BCUT2D eigenvalue weighted by Crippen LogP contribution is 2.35. The molecule has 0 unspecified atom stereocenters. The van der Waals surface area contributed by atoms with Gasteiger partial charge in [0.2, 0.25) is 5.89 Å². The van der Waals surface area contributed by atoms with E-state index in [-0.39, 0.29) is 5.69 Å². The van der Waals surface area contributed by atoms with Crippen LogP contribution in [0.1, 0.15) is 36.0 Å². The van der Waals surface area contributed by atoms with Crippen LogP contribution in [0.3, 0.4) is 0 Å². The molecule has 112 valence electrons. The monoisotopic (exact) mass is 307 g/mol. The number of thiophene rings is 1. The number of oxazole rings is 1. The molecular formula is C15H17NO4S. The Labute approximate surface area is 126 Å². The Balaban J connectivity index is 1.74. The van der Waals surface area contributed by atoms with Crippen molar-refractivity contribution in [1.82, 2.24) is 4.98 Å². The third kappa shape index (κ3) is 3.01. The molecule has 0 atom stereocenters. The summed E-state index contributed by atoms with van der Waals surface area (Å²) < 4.78 is 11.2. The number of hydrogen-bond acceptors (Lipinski definition) is 5. The molecule has 1 fully saturated rings. The maximum Gasteiger partial charge on any atom is 0.358 e. The van der Waals surface area contributed by atoms with Gasteiger partial charge in [-0.15, -0.1) is 11.3 Å². The molecule has 1 aliphatic carbocycles. The van der Waals surface area contributed by atoms with Gasteiger partial charge in [-0.25, -0.2) is 9.78 Å². The van der Waals surface area contributed by atoms with Gasteiger partial charge in [-0.05, 0) is 37.1 Å². The first-order chi connectivity index (χ1) is 10.2. The molecule has 3 rings (SSSR count). The predicted octanol–water partition coefficient (Wildman–Crippen LogP) is 3.46. The smallest absolute Gasteiger partial charge is 0.358 e. The molecule has 0 aromatic carbocycles. The Morgan fingerprint density at radius 3 is 3.00 bits per heavy atom. The van der Waals surface area contributed by atoms with E-state index in [9.17, 15) is 9.90 Å². The van der Waals surface area contributed by atoms with Crippen molar-refractivity contribution in [3.63, 3.8) is 0 Å². The third-order valence-electron chi connectivity index (χ3n) is 3.70. The van der Waals surface area contributed by atoms with E-state index in [1.54, 1.807) is 0 Å². The number of ether oxygens (including phenoxy) is 1. The minimum atomic E-state index is -1.03. The van der Waals surface area contributed by atoms with Gasteiger partial charge in [0.15, 0.2) is 5.69 Å². The predicted molar refractivity (Wildman–Crippen MR) is 78.6 cm³/mol. The molecule has 0 aliphatic heterocycles. The Morgan fingerprint density at radius 1 is 1.57 bits per heavy atom. The van der Waals surface area contributed by atoms with Crippen LogP contribution < -0.4 is 0 Å². The van der Waals surface area contributed by atoms with Gasteiger partial charge in [0.05, 0.1) is 11.0 Å². The van der Waals surface area contributed by atoms with Crippen LogP contribution in [-0.4, -0.2) is 28.8 Å². The summed E-state index contributed by atoms with van der Waals surface area (Å²) >= 11 is 1.49. The molecule has 6 heteroatoms. The quantitative estimate of drug-likeness (QED) is 0.884. The molecule has 1 N–H and O–H groups in total. The van der Waals surface area contributed by atoms with Crippen molar-refractivity contribution in [2.75, 3.05) is 6.61 Å². The summed E-state index contributed by atoms with van der Waals surface area (Å²) in [4.78, 5) is 16.3. The number of carboxylic acids is 1. The molecule has 2 aromatic rings. The summed E-state index contributed by atoms with van der Waals surface area (Å²) in [5.41, 5.74) is 0.0401. The van der Waals surface area contributed by atoms with Gasteiger partial charge in [-0.1, -0.05) is 6.07 Å². The normalized spacial score (nSPS) is 21.2. The fraction of sp³-hybridized carbons (Fsp3) is 0.467. The van der Waals surface area contributed by atoms with Gasteiger partial charge >= 0.3 is 5.97 Å². The van der Waals surface area contributed by atoms with Crippen LogP contribution >= 0.6 is 11.3 Å². The molecule has 0 spiro atoms. The minimum Gasteiger partial charge on any atom is -0.476 e. The molecule has 1 aliphatic rings. The largest absolute Gasteiger partial charge is 0.476 e. The molecule has 0 amide bonds. The van der Waals surface area contributed by atoms with Gasteiger partial charge in [0, 0.05) is 13.0 Å². The standard InChI is InChI=1S/C15H17NO4S/c1-2-19-10-6-9(7-10)8-11-13(15(17)18)16-14(20-11)12-4-3-5-21-12/h3-5,9-10H,2,6-8H2,1H3,(H,17,18). The number of carboxylic acid groups (broad SMARTS) is 1. The molecule has 0 saturated heterocycles. The van der Waals surface area contributed by atoms with E-state index in [0.29, 0.717) is 30.1 Å². The van der Waals surface area contributed by atoms with Gasteiger partial charge in [0.25, 0.3) is 0 Å². The summed E-state index contributed by atoms with van der Waals surface area (Å²) in [6, 6.07) is 3.77. The molecule has 21 heavy (non-hydrogen) atoms. The summed E-state index contributed by atoms with van der Waals surface area (Å²) in [5.74, 6) is 0.268. The lowest BCUT2D eigenvalue weighted by molar-refractivity contribution is -0.0252. The number of rotatable bonds is 6. The zero-order valence-electron chi connectivity index (χ0n) is 11.7. The number of aromatic carboxylic acids is 1. The lowest BCUT2D eigenvalue weighted by Crippen LogP contribution is -2.32. The topological polar surface area (TPSA) is 72.6 Å². The van der Waals surface area contributed by atoms with Crippen molar-refractivity contribution in [1.29, 1.82) is 0 Å². The first-order valence-electron chi connectivity index (χ1n) is 7.05. The molecule has 5 nitrogen and oxygen atoms in total. The van der Waals surface area contributed by atoms with Crippen LogP contribution in [0.15, 0.2) is 21.9 Å². The van der Waals surface area contributed by atoms with Crippen molar-refractivity contribution in [2.45, 2.75) is 32.3 Å². The van der Waals surface area contributed by atoms with Crippen molar-refractivity contribution in [3.8, 4) is 10.8 Å². The van der Waals surface area contributed by atoms with Crippen molar-refractivity contribution < 1.29 is 19.1 Å². The molecular weight excluding hydrogens is 290 g/mol. The number of nitrogens with zero attached hydrogens (tertiary/aromatic N) is 1. The first-order valence-corrected chi connectivity index (χ1v) is 7.93. The van der Waals surface area contributed by atoms with Crippen LogP contribution in [-0.2, 0) is 11.2 Å². The Kier molecular flexibility index (Phi) is 4.07. The average molecular weight is 307 g/mol. The van der Waals surface area contributed by atoms with Gasteiger partial charge in [-0.2, -0.15) is 0 Å². The van der Waals surface area contributed by atoms with E-state index in [1.165, 1.54) is 11.3 Å². The van der Waals surface area contributed by atoms with Crippen molar-refractivity contribution in [2.24, 2.45) is 5.92 Å². The molecule has 2 heterocycles. The van der Waals surface area contributed by atoms with E-state index in [0.717, 1.165) is 24.3 Å². The van der Waals surface area contributed by atoms with Crippen LogP contribution in [0, 0.1) is 5.92 Å². The van der Waals surface area contributed by atoms with Crippen LogP contribution in [0.5, 0.6) is 0 Å². The molecule has 0 radical (unpaired) electrons. The second-order valence-corrected chi connectivity index (χ2v) is 6.14. The Hall–Kier alpha value is -1.66. The molecule has 2 aromatic heterocycles. The van der Waals surface area contributed by atoms with Gasteiger partial charge in [0.1, 0.15) is 5.76 Å². The lowest BCUT2D eigenvalue weighted by atomic mass is 9.79. The second kappa shape index (κ2) is 5.99. The zero-order valence-corrected chi connectivity index (χ0v) is 12.6. The number of carbonyl (C=O) groups is 1. The van der Waals surface area contributed by atoms with E-state index in [1.807, 2.05) is 24.4 Å². The molecule has 1 saturated carbocycles. The van der Waals surface area contributed by atoms with Gasteiger partial charge < -0.3 is 14.3 Å². The fourth-order valence-corrected chi connectivity index (χ4v) is 3.29. The maximum atomic E-state index is 11.3. The summed E-state index contributed by atoms with van der Waals surface area (Å²) in [6.07, 6.45) is 2.85. The minimum absolute atomic E-state index is 0.0401. The average Bonchev–Trinajstić information content (AvgIpc) is 3.04. The number of hydrogen-bond donors (Lipinski definition) is 1. The third-order valence-corrected chi connectivity index (χ3v) is 4.56. The fourth-order valence-electron chi connectivity index (χ4n) is 2.64. The summed E-state index contributed by atoms with van der Waals surface area (Å²) in [5, 5.41) is 11.2. The van der Waals surface area contributed by atoms with Crippen molar-refractivity contribution >= 4 is 17.3 Å². The maximum absolute atomic E-state index is 11.3. The molecule has 0 bridgehead atoms. The Morgan fingerprint density at radius 2 is 2.38 bits per heavy atom. The van der Waals surface area contributed by atoms with E-state index >= 15 is 0 Å². The highest BCUT2D eigenvalue weighted by atomic mass is 32.1. The highest BCUT2D eigenvalue weighted by molar-refractivity contribution is 7.13. The van der Waals surface area contributed by atoms with Crippen LogP contribution in [0.4, 0.5) is 0 Å². The highest BCUT2D eigenvalue weighted by Gasteiger charge is 2.32. The second-order valence-electron chi connectivity index (χ2n) is 5.19. The lowest BCUT2D eigenvalue weighted by Gasteiger charge is -2.34. The number of aromatic nitrogens is 1. The summed E-state index contributed by atoms with van der Waals surface area (Å²) in [6.45, 7) is 2.71. The van der Waals surface area contributed by atoms with Gasteiger partial charge in [-0.3, -0.25) is 0 Å². The van der Waals surface area contributed by atoms with E-state index in [2.05, 4.69) is 4.98 Å². The van der Waals surface area contributed by atoms with E-state index in [4.69, 9.17) is 9.15 Å². The van der Waals surface area contributed by atoms with Crippen molar-refractivity contribution in [3.05, 3.63) is 29.0 Å². The van der Waals surface area contributed by atoms with Crippen LogP contribution in [0.25, 0.3) is 10.8 Å². The first kappa shape index (κ1) is 14.3. The Bertz CT molecular complexity index is 614. The SMILES string of the molecule is CCOC1CC(Cc2oc(-c3cccs3)nc2C(=O)O)C1.